The van der Waals surface area contributed by atoms with Crippen molar-refractivity contribution in [1.82, 2.24) is 0 Å². The van der Waals surface area contributed by atoms with Gasteiger partial charge in [0.15, 0.2) is 0 Å². The Balaban J connectivity index is 2.60. The van der Waals surface area contributed by atoms with E-state index in [4.69, 9.17) is 17.3 Å². The van der Waals surface area contributed by atoms with Crippen molar-refractivity contribution in [3.05, 3.63) is 21.3 Å². The van der Waals surface area contributed by atoms with E-state index in [1.165, 1.54) is 4.88 Å². The molecule has 0 radical (unpaired) electrons. The number of halogens is 1. The predicted octanol–water partition coefficient (Wildman–Crippen LogP) is 2.85. The van der Waals surface area contributed by atoms with Crippen molar-refractivity contribution < 1.29 is 0 Å². The molecule has 1 unspecified atom stereocenters. The summed E-state index contributed by atoms with van der Waals surface area (Å²) < 4.78 is 0. The van der Waals surface area contributed by atoms with Crippen LogP contribution in [0.5, 0.6) is 0 Å². The van der Waals surface area contributed by atoms with Crippen molar-refractivity contribution in [3.8, 4) is 0 Å². The third-order valence-electron chi connectivity index (χ3n) is 1.67. The minimum Gasteiger partial charge on any atom is -0.330 e. The molecule has 0 aliphatic rings. The standard InChI is InChI=1S/C8H12ClNS/c1-6(2-3-10)8-4-7(9)5-11-8/h4-6H,2-3,10H2,1H3. The lowest BCUT2D eigenvalue weighted by Crippen LogP contribution is -2.03. The maximum absolute atomic E-state index is 5.78. The number of nitrogens with two attached hydrogens (primary N) is 1. The molecule has 0 aliphatic heterocycles. The maximum Gasteiger partial charge on any atom is 0.0515 e. The van der Waals surface area contributed by atoms with Crippen LogP contribution in [-0.4, -0.2) is 6.54 Å². The normalized spacial score (nSPS) is 13.4. The second-order valence-corrected chi connectivity index (χ2v) is 4.02. The van der Waals surface area contributed by atoms with Crippen LogP contribution in [0.1, 0.15) is 24.1 Å². The van der Waals surface area contributed by atoms with E-state index in [-0.39, 0.29) is 0 Å². The molecule has 1 atom stereocenters. The van der Waals surface area contributed by atoms with Gasteiger partial charge in [-0.15, -0.1) is 11.3 Å². The predicted molar refractivity (Wildman–Crippen MR) is 51.4 cm³/mol. The second-order valence-electron chi connectivity index (χ2n) is 2.65. The lowest BCUT2D eigenvalue weighted by Gasteiger charge is -2.05. The van der Waals surface area contributed by atoms with Crippen molar-refractivity contribution in [2.45, 2.75) is 19.3 Å². The third-order valence-corrected chi connectivity index (χ3v) is 3.18. The summed E-state index contributed by atoms with van der Waals surface area (Å²) >= 11 is 7.49. The van der Waals surface area contributed by atoms with E-state index in [0.717, 1.165) is 18.0 Å². The fourth-order valence-corrected chi connectivity index (χ4v) is 2.16. The molecule has 0 saturated carbocycles. The summed E-state index contributed by atoms with van der Waals surface area (Å²) in [5, 5.41) is 2.80. The zero-order valence-electron chi connectivity index (χ0n) is 6.51. The summed E-state index contributed by atoms with van der Waals surface area (Å²) in [5.74, 6) is 0.553. The zero-order valence-corrected chi connectivity index (χ0v) is 8.08. The summed E-state index contributed by atoms with van der Waals surface area (Å²) in [6.45, 7) is 2.92. The molecule has 1 aromatic heterocycles. The van der Waals surface area contributed by atoms with Crippen molar-refractivity contribution in [2.24, 2.45) is 5.73 Å². The molecular formula is C8H12ClNS. The summed E-state index contributed by atoms with van der Waals surface area (Å²) in [4.78, 5) is 1.33. The van der Waals surface area contributed by atoms with Gasteiger partial charge < -0.3 is 5.73 Å². The van der Waals surface area contributed by atoms with Gasteiger partial charge in [-0.3, -0.25) is 0 Å². The van der Waals surface area contributed by atoms with Gasteiger partial charge in [0.1, 0.15) is 0 Å². The van der Waals surface area contributed by atoms with Gasteiger partial charge in [-0.2, -0.15) is 0 Å². The Kier molecular flexibility index (Phi) is 3.37. The molecule has 1 heterocycles. The van der Waals surface area contributed by atoms with Gasteiger partial charge in [0.05, 0.1) is 5.02 Å². The minimum absolute atomic E-state index is 0.553. The van der Waals surface area contributed by atoms with E-state index in [2.05, 4.69) is 6.92 Å². The summed E-state index contributed by atoms with van der Waals surface area (Å²) in [7, 11) is 0. The Hall–Kier alpha value is -0.0500. The molecule has 0 fully saturated rings. The van der Waals surface area contributed by atoms with Crippen LogP contribution >= 0.6 is 22.9 Å². The molecule has 0 saturated heterocycles. The number of hydrogen-bond donors (Lipinski definition) is 1. The molecule has 0 aliphatic carbocycles. The van der Waals surface area contributed by atoms with Crippen molar-refractivity contribution in [1.29, 1.82) is 0 Å². The van der Waals surface area contributed by atoms with Gasteiger partial charge in [-0.05, 0) is 24.9 Å². The quantitative estimate of drug-likeness (QED) is 0.778. The monoisotopic (exact) mass is 189 g/mol. The fourth-order valence-electron chi connectivity index (χ4n) is 0.979. The highest BCUT2D eigenvalue weighted by Gasteiger charge is 2.06. The van der Waals surface area contributed by atoms with E-state index in [0.29, 0.717) is 5.92 Å². The lowest BCUT2D eigenvalue weighted by atomic mass is 10.1. The molecule has 3 heteroatoms. The molecule has 62 valence electrons. The Morgan fingerprint density at radius 2 is 2.45 bits per heavy atom. The fraction of sp³-hybridized carbons (Fsp3) is 0.500. The summed E-state index contributed by atoms with van der Waals surface area (Å²) in [6, 6.07) is 2.02. The van der Waals surface area contributed by atoms with E-state index in [1.54, 1.807) is 11.3 Å². The van der Waals surface area contributed by atoms with Gasteiger partial charge in [-0.1, -0.05) is 18.5 Å². The SMILES string of the molecule is CC(CCN)c1cc(Cl)cs1. The molecule has 0 bridgehead atoms. The third kappa shape index (κ3) is 2.47. The van der Waals surface area contributed by atoms with Crippen LogP contribution in [0.3, 0.4) is 0 Å². The summed E-state index contributed by atoms with van der Waals surface area (Å²) in [5.41, 5.74) is 5.45. The van der Waals surface area contributed by atoms with E-state index in [1.807, 2.05) is 11.4 Å². The molecule has 1 nitrogen and oxygen atoms in total. The Labute approximate surface area is 76.2 Å². The first kappa shape index (κ1) is 9.04. The van der Waals surface area contributed by atoms with Gasteiger partial charge >= 0.3 is 0 Å². The molecule has 0 aromatic carbocycles. The van der Waals surface area contributed by atoms with Crippen LogP contribution in [0.4, 0.5) is 0 Å². The van der Waals surface area contributed by atoms with Crippen LogP contribution < -0.4 is 5.73 Å². The number of thiophene rings is 1. The highest BCUT2D eigenvalue weighted by molar-refractivity contribution is 7.10. The molecule has 11 heavy (non-hydrogen) atoms. The zero-order chi connectivity index (χ0) is 8.27. The largest absolute Gasteiger partial charge is 0.330 e. The molecule has 2 N–H and O–H groups in total. The Morgan fingerprint density at radius 3 is 2.91 bits per heavy atom. The van der Waals surface area contributed by atoms with Crippen molar-refractivity contribution in [3.63, 3.8) is 0 Å². The van der Waals surface area contributed by atoms with Crippen LogP contribution in [0.15, 0.2) is 11.4 Å². The summed E-state index contributed by atoms with van der Waals surface area (Å²) in [6.07, 6.45) is 1.04. The van der Waals surface area contributed by atoms with Crippen LogP contribution in [0.2, 0.25) is 5.02 Å². The van der Waals surface area contributed by atoms with Crippen molar-refractivity contribution >= 4 is 22.9 Å². The Bertz CT molecular complexity index is 222. The first-order chi connectivity index (χ1) is 5.24. The average Bonchev–Trinajstić information content (AvgIpc) is 2.36. The average molecular weight is 190 g/mol. The van der Waals surface area contributed by atoms with Crippen LogP contribution in [-0.2, 0) is 0 Å². The molecule has 0 amide bonds. The van der Waals surface area contributed by atoms with E-state index < -0.39 is 0 Å². The molecule has 1 rings (SSSR count). The molecule has 1 aromatic rings. The smallest absolute Gasteiger partial charge is 0.0515 e. The number of rotatable bonds is 3. The molecule has 0 spiro atoms. The minimum atomic E-state index is 0.553. The van der Waals surface area contributed by atoms with Gasteiger partial charge in [-0.25, -0.2) is 0 Å². The van der Waals surface area contributed by atoms with Crippen LogP contribution in [0.25, 0.3) is 0 Å². The maximum atomic E-state index is 5.78. The van der Waals surface area contributed by atoms with Gasteiger partial charge in [0.25, 0.3) is 0 Å². The second kappa shape index (κ2) is 4.10. The first-order valence-corrected chi connectivity index (χ1v) is 4.93. The number of hydrogen-bond acceptors (Lipinski definition) is 2. The van der Waals surface area contributed by atoms with Crippen LogP contribution in [0, 0.1) is 0 Å². The highest BCUT2D eigenvalue weighted by Crippen LogP contribution is 2.27. The highest BCUT2D eigenvalue weighted by atomic mass is 35.5. The Morgan fingerprint density at radius 1 is 1.73 bits per heavy atom. The van der Waals surface area contributed by atoms with Crippen molar-refractivity contribution in [2.75, 3.05) is 6.54 Å². The van der Waals surface area contributed by atoms with E-state index in [9.17, 15) is 0 Å². The first-order valence-electron chi connectivity index (χ1n) is 3.68. The molecular weight excluding hydrogens is 178 g/mol. The van der Waals surface area contributed by atoms with E-state index >= 15 is 0 Å². The van der Waals surface area contributed by atoms with Gasteiger partial charge in [0, 0.05) is 10.3 Å². The van der Waals surface area contributed by atoms with Gasteiger partial charge in [0.2, 0.25) is 0 Å². The topological polar surface area (TPSA) is 26.0 Å². The lowest BCUT2D eigenvalue weighted by molar-refractivity contribution is 0.701.